The summed E-state index contributed by atoms with van der Waals surface area (Å²) in [6, 6.07) is 4.55. The van der Waals surface area contributed by atoms with Crippen LogP contribution in [0, 0.1) is 0 Å². The number of ether oxygens (including phenoxy) is 2. The van der Waals surface area contributed by atoms with E-state index < -0.39 is 6.10 Å². The Kier molecular flexibility index (Phi) is 4.41. The minimum atomic E-state index is -0.442. The van der Waals surface area contributed by atoms with Crippen molar-refractivity contribution < 1.29 is 19.4 Å². The van der Waals surface area contributed by atoms with Gasteiger partial charge in [0.2, 0.25) is 0 Å². The van der Waals surface area contributed by atoms with Crippen LogP contribution < -0.4 is 10.5 Å². The molecule has 0 radical (unpaired) electrons. The van der Waals surface area contributed by atoms with Crippen LogP contribution in [0.2, 0.25) is 0 Å². The van der Waals surface area contributed by atoms with Crippen LogP contribution in [0.3, 0.4) is 0 Å². The molecule has 1 saturated heterocycles. The van der Waals surface area contributed by atoms with Crippen LogP contribution in [0.4, 0.5) is 0 Å². The third-order valence-electron chi connectivity index (χ3n) is 3.11. The van der Waals surface area contributed by atoms with Gasteiger partial charge in [-0.15, -0.1) is 0 Å². The van der Waals surface area contributed by atoms with Gasteiger partial charge in [-0.25, -0.2) is 0 Å². The maximum Gasteiger partial charge on any atom is 0.257 e. The molecule has 1 fully saturated rings. The number of methoxy groups -OCH3 is 1. The summed E-state index contributed by atoms with van der Waals surface area (Å²) in [6.07, 6.45) is -0.442. The van der Waals surface area contributed by atoms with Gasteiger partial charge in [0, 0.05) is 12.6 Å². The highest BCUT2D eigenvalue weighted by molar-refractivity contribution is 7.80. The molecule has 1 aromatic carbocycles. The fraction of sp³-hybridized carbons (Fsp3) is 0.385. The fourth-order valence-electron chi connectivity index (χ4n) is 2.00. The van der Waals surface area contributed by atoms with Crippen molar-refractivity contribution in [3.63, 3.8) is 0 Å². The van der Waals surface area contributed by atoms with E-state index >= 15 is 0 Å². The molecule has 3 N–H and O–H groups in total. The zero-order valence-corrected chi connectivity index (χ0v) is 11.9. The molecule has 0 bridgehead atoms. The van der Waals surface area contributed by atoms with Crippen LogP contribution in [0.5, 0.6) is 11.5 Å². The molecular formula is C13H16N2O4S. The Hall–Kier alpha value is -1.86. The van der Waals surface area contributed by atoms with Crippen molar-refractivity contribution in [2.45, 2.75) is 6.10 Å². The van der Waals surface area contributed by atoms with Crippen molar-refractivity contribution in [3.8, 4) is 11.5 Å². The number of carbonyl (C=O) groups is 1. The Labute approximate surface area is 122 Å². The first-order valence-corrected chi connectivity index (χ1v) is 6.51. The Morgan fingerprint density at radius 1 is 1.60 bits per heavy atom. The van der Waals surface area contributed by atoms with E-state index in [1.807, 2.05) is 0 Å². The lowest BCUT2D eigenvalue weighted by atomic mass is 10.1. The second-order valence-electron chi connectivity index (χ2n) is 4.40. The number of amides is 1. The summed E-state index contributed by atoms with van der Waals surface area (Å²) in [4.78, 5) is 14.2. The molecule has 1 unspecified atom stereocenters. The van der Waals surface area contributed by atoms with Gasteiger partial charge in [0.15, 0.2) is 0 Å². The standard InChI is InChI=1S/C13H16N2O4S/c1-18-8-2-3-9(10(16)6-8)13(17)15-4-5-19-11(7-15)12(14)20/h2-3,6,11,16H,4-5,7H2,1H3,(H2,14,20). The molecule has 6 nitrogen and oxygen atoms in total. The van der Waals surface area contributed by atoms with Crippen LogP contribution in [0.1, 0.15) is 10.4 Å². The first kappa shape index (κ1) is 14.5. The number of phenolic OH excluding ortho intramolecular Hbond substituents is 1. The maximum absolute atomic E-state index is 12.4. The van der Waals surface area contributed by atoms with Crippen LogP contribution in [0.25, 0.3) is 0 Å². The average molecular weight is 296 g/mol. The average Bonchev–Trinajstić information content (AvgIpc) is 2.46. The van der Waals surface area contributed by atoms with Gasteiger partial charge in [0.25, 0.3) is 5.91 Å². The van der Waals surface area contributed by atoms with Crippen LogP contribution >= 0.6 is 12.2 Å². The monoisotopic (exact) mass is 296 g/mol. The minimum Gasteiger partial charge on any atom is -0.507 e. The number of nitrogens with zero attached hydrogens (tertiary/aromatic N) is 1. The van der Waals surface area contributed by atoms with Gasteiger partial charge >= 0.3 is 0 Å². The molecule has 0 spiro atoms. The molecule has 2 rings (SSSR count). The smallest absolute Gasteiger partial charge is 0.257 e. The SMILES string of the molecule is COc1ccc(C(=O)N2CCOC(C(N)=S)C2)c(O)c1. The quantitative estimate of drug-likeness (QED) is 0.791. The number of nitrogens with two attached hydrogens (primary N) is 1. The zero-order chi connectivity index (χ0) is 14.7. The lowest BCUT2D eigenvalue weighted by Crippen LogP contribution is -2.49. The van der Waals surface area contributed by atoms with E-state index in [0.29, 0.717) is 25.4 Å². The number of rotatable bonds is 3. The Morgan fingerprint density at radius 2 is 2.35 bits per heavy atom. The number of benzene rings is 1. The van der Waals surface area contributed by atoms with Crippen molar-refractivity contribution in [1.29, 1.82) is 0 Å². The van der Waals surface area contributed by atoms with Crippen LogP contribution in [-0.2, 0) is 4.74 Å². The van der Waals surface area contributed by atoms with E-state index in [-0.39, 0.29) is 22.2 Å². The fourth-order valence-corrected chi connectivity index (χ4v) is 2.14. The van der Waals surface area contributed by atoms with E-state index in [0.717, 1.165) is 0 Å². The molecule has 1 aliphatic heterocycles. The molecule has 0 aliphatic carbocycles. The van der Waals surface area contributed by atoms with Gasteiger partial charge in [-0.1, -0.05) is 12.2 Å². The van der Waals surface area contributed by atoms with Crippen molar-refractivity contribution in [2.24, 2.45) is 5.73 Å². The summed E-state index contributed by atoms with van der Waals surface area (Å²) in [5.74, 6) is 0.0875. The minimum absolute atomic E-state index is 0.118. The van der Waals surface area contributed by atoms with Crippen molar-refractivity contribution >= 4 is 23.1 Å². The molecular weight excluding hydrogens is 280 g/mol. The molecule has 1 heterocycles. The van der Waals surface area contributed by atoms with Gasteiger partial charge in [-0.05, 0) is 12.1 Å². The lowest BCUT2D eigenvalue weighted by molar-refractivity contribution is 0.00865. The molecule has 1 aromatic rings. The van der Waals surface area contributed by atoms with E-state index in [1.54, 1.807) is 11.0 Å². The highest BCUT2D eigenvalue weighted by Crippen LogP contribution is 2.25. The predicted octanol–water partition coefficient (Wildman–Crippen LogP) is 0.528. The normalized spacial score (nSPS) is 18.6. The van der Waals surface area contributed by atoms with Crippen molar-refractivity contribution in [2.75, 3.05) is 26.8 Å². The molecule has 0 saturated carbocycles. The highest BCUT2D eigenvalue weighted by Gasteiger charge is 2.27. The van der Waals surface area contributed by atoms with Gasteiger partial charge in [0.05, 0.1) is 25.8 Å². The number of aromatic hydroxyl groups is 1. The van der Waals surface area contributed by atoms with E-state index in [1.165, 1.54) is 19.2 Å². The molecule has 7 heteroatoms. The zero-order valence-electron chi connectivity index (χ0n) is 11.0. The summed E-state index contributed by atoms with van der Waals surface area (Å²) in [5, 5.41) is 9.89. The summed E-state index contributed by atoms with van der Waals surface area (Å²) >= 11 is 4.88. The Morgan fingerprint density at radius 3 is 2.95 bits per heavy atom. The van der Waals surface area contributed by atoms with Crippen LogP contribution in [0.15, 0.2) is 18.2 Å². The molecule has 1 amide bonds. The van der Waals surface area contributed by atoms with E-state index in [2.05, 4.69) is 0 Å². The molecule has 108 valence electrons. The molecule has 1 aliphatic rings. The largest absolute Gasteiger partial charge is 0.507 e. The lowest BCUT2D eigenvalue weighted by Gasteiger charge is -2.32. The number of carbonyl (C=O) groups excluding carboxylic acids is 1. The Bertz CT molecular complexity index is 535. The summed E-state index contributed by atoms with van der Waals surface area (Å²) in [5.41, 5.74) is 5.76. The molecule has 0 aromatic heterocycles. The number of thiocarbonyl (C=S) groups is 1. The van der Waals surface area contributed by atoms with Gasteiger partial charge < -0.3 is 25.2 Å². The first-order valence-electron chi connectivity index (χ1n) is 6.10. The third-order valence-corrected chi connectivity index (χ3v) is 3.37. The molecule has 1 atom stereocenters. The van der Waals surface area contributed by atoms with E-state index in [4.69, 9.17) is 27.4 Å². The first-order chi connectivity index (χ1) is 9.52. The second-order valence-corrected chi connectivity index (χ2v) is 4.87. The predicted molar refractivity (Wildman–Crippen MR) is 77.1 cm³/mol. The highest BCUT2D eigenvalue weighted by atomic mass is 32.1. The van der Waals surface area contributed by atoms with Gasteiger partial charge in [-0.2, -0.15) is 0 Å². The van der Waals surface area contributed by atoms with Gasteiger partial charge in [0.1, 0.15) is 22.6 Å². The summed E-state index contributed by atoms with van der Waals surface area (Å²) in [7, 11) is 1.49. The number of phenols is 1. The maximum atomic E-state index is 12.4. The summed E-state index contributed by atoms with van der Waals surface area (Å²) in [6.45, 7) is 1.09. The number of hydrogen-bond donors (Lipinski definition) is 2. The molecule has 20 heavy (non-hydrogen) atoms. The number of hydrogen-bond acceptors (Lipinski definition) is 5. The van der Waals surface area contributed by atoms with Crippen molar-refractivity contribution in [3.05, 3.63) is 23.8 Å². The summed E-state index contributed by atoms with van der Waals surface area (Å²) < 4.78 is 10.4. The second kappa shape index (κ2) is 6.06. The van der Waals surface area contributed by atoms with Gasteiger partial charge in [-0.3, -0.25) is 4.79 Å². The van der Waals surface area contributed by atoms with Crippen molar-refractivity contribution in [1.82, 2.24) is 4.90 Å². The topological polar surface area (TPSA) is 85.0 Å². The Balaban J connectivity index is 2.16. The number of morpholine rings is 1. The third kappa shape index (κ3) is 3.00. The van der Waals surface area contributed by atoms with Crippen LogP contribution in [-0.4, -0.2) is 53.8 Å². The van der Waals surface area contributed by atoms with E-state index in [9.17, 15) is 9.90 Å².